The Morgan fingerprint density at radius 2 is 1.68 bits per heavy atom. The third-order valence-electron chi connectivity index (χ3n) is 5.43. The number of pyridine rings is 2. The molecule has 3 aromatic heterocycles. The van der Waals surface area contributed by atoms with Crippen molar-refractivity contribution in [3.63, 3.8) is 0 Å². The van der Waals surface area contributed by atoms with Crippen LogP contribution in [0.5, 0.6) is 17.4 Å². The van der Waals surface area contributed by atoms with Crippen LogP contribution in [0.3, 0.4) is 0 Å². The molecule has 1 aromatic carbocycles. The number of thioether (sulfide) groups is 1. The number of rotatable bonds is 6. The molecule has 0 spiro atoms. The maximum absolute atomic E-state index is 13.7. The van der Waals surface area contributed by atoms with E-state index in [9.17, 15) is 18.0 Å². The summed E-state index contributed by atoms with van der Waals surface area (Å²) in [7, 11) is 0. The number of aromatic nitrogens is 4. The average Bonchev–Trinajstić information content (AvgIpc) is 3.39. The lowest BCUT2D eigenvalue weighted by atomic mass is 10.1. The van der Waals surface area contributed by atoms with E-state index in [-0.39, 0.29) is 16.7 Å². The van der Waals surface area contributed by atoms with Crippen molar-refractivity contribution in [2.45, 2.75) is 23.3 Å². The lowest BCUT2D eigenvalue weighted by Crippen LogP contribution is -2.40. The fourth-order valence-corrected chi connectivity index (χ4v) is 4.47. The highest BCUT2D eigenvalue weighted by Crippen LogP contribution is 2.32. The molecule has 5 rings (SSSR count). The predicted octanol–water partition coefficient (Wildman–Crippen LogP) is 5.49. The van der Waals surface area contributed by atoms with E-state index in [0.29, 0.717) is 43.2 Å². The van der Waals surface area contributed by atoms with E-state index in [2.05, 4.69) is 20.2 Å². The Labute approximate surface area is 212 Å². The SMILES string of the molecule is O=C(Oc1ccc(Oc2ncc(F)c(F)c2F)cc1)N1CCC(Sc2nnc(-c3ccncc3)o2)CC1. The lowest BCUT2D eigenvalue weighted by Gasteiger charge is -2.30. The molecule has 37 heavy (non-hydrogen) atoms. The second-order valence-electron chi connectivity index (χ2n) is 7.89. The van der Waals surface area contributed by atoms with Crippen LogP contribution in [0.25, 0.3) is 11.5 Å². The minimum atomic E-state index is -1.68. The van der Waals surface area contributed by atoms with Crippen LogP contribution in [0.1, 0.15) is 12.8 Å². The van der Waals surface area contributed by atoms with Gasteiger partial charge in [-0.1, -0.05) is 11.8 Å². The maximum Gasteiger partial charge on any atom is 0.415 e. The number of likely N-dealkylation sites (tertiary alicyclic amines) is 1. The summed E-state index contributed by atoms with van der Waals surface area (Å²) in [6.45, 7) is 0.980. The number of hydrogen-bond acceptors (Lipinski definition) is 9. The lowest BCUT2D eigenvalue weighted by molar-refractivity contribution is 0.143. The van der Waals surface area contributed by atoms with Crippen molar-refractivity contribution < 1.29 is 31.9 Å². The first-order chi connectivity index (χ1) is 18.0. The summed E-state index contributed by atoms with van der Waals surface area (Å²) in [5, 5.41) is 8.84. The molecule has 1 aliphatic heterocycles. The van der Waals surface area contributed by atoms with E-state index in [4.69, 9.17) is 13.9 Å². The molecule has 1 amide bonds. The van der Waals surface area contributed by atoms with Gasteiger partial charge in [0.05, 0.1) is 6.20 Å². The molecular formula is C24H18F3N5O4S. The summed E-state index contributed by atoms with van der Waals surface area (Å²) in [4.78, 5) is 21.5. The van der Waals surface area contributed by atoms with Crippen molar-refractivity contribution in [1.82, 2.24) is 25.1 Å². The molecule has 0 bridgehead atoms. The van der Waals surface area contributed by atoms with Gasteiger partial charge in [-0.15, -0.1) is 10.2 Å². The average molecular weight is 530 g/mol. The predicted molar refractivity (Wildman–Crippen MR) is 125 cm³/mol. The van der Waals surface area contributed by atoms with E-state index < -0.39 is 29.4 Å². The number of nitrogens with zero attached hydrogens (tertiary/aromatic N) is 5. The molecule has 0 saturated carbocycles. The number of hydrogen-bond donors (Lipinski definition) is 0. The Morgan fingerprint density at radius 1 is 0.973 bits per heavy atom. The van der Waals surface area contributed by atoms with E-state index in [1.807, 2.05) is 0 Å². The molecule has 4 aromatic rings. The molecule has 9 nitrogen and oxygen atoms in total. The van der Waals surface area contributed by atoms with Crippen molar-refractivity contribution >= 4 is 17.9 Å². The third-order valence-corrected chi connectivity index (χ3v) is 6.60. The second kappa shape index (κ2) is 10.9. The normalized spacial score (nSPS) is 14.0. The minimum absolute atomic E-state index is 0.100. The first-order valence-electron chi connectivity index (χ1n) is 11.1. The number of benzene rings is 1. The van der Waals surface area contributed by atoms with Crippen LogP contribution in [-0.2, 0) is 0 Å². The smallest absolute Gasteiger partial charge is 0.415 e. The highest BCUT2D eigenvalue weighted by atomic mass is 32.2. The van der Waals surface area contributed by atoms with Gasteiger partial charge < -0.3 is 18.8 Å². The molecule has 1 aliphatic rings. The van der Waals surface area contributed by atoms with Crippen LogP contribution >= 0.6 is 11.8 Å². The van der Waals surface area contributed by atoms with Gasteiger partial charge >= 0.3 is 6.09 Å². The van der Waals surface area contributed by atoms with Gasteiger partial charge in [-0.2, -0.15) is 4.39 Å². The minimum Gasteiger partial charge on any atom is -0.436 e. The Hall–Kier alpha value is -4.13. The number of amides is 1. The van der Waals surface area contributed by atoms with Crippen molar-refractivity contribution in [3.05, 3.63) is 72.4 Å². The third kappa shape index (κ3) is 5.82. The number of piperidine rings is 1. The van der Waals surface area contributed by atoms with Crippen molar-refractivity contribution in [2.24, 2.45) is 0 Å². The Kier molecular flexibility index (Phi) is 7.21. The van der Waals surface area contributed by atoms with E-state index in [0.717, 1.165) is 5.56 Å². The van der Waals surface area contributed by atoms with Crippen LogP contribution in [0, 0.1) is 17.5 Å². The largest absolute Gasteiger partial charge is 0.436 e. The molecule has 0 radical (unpaired) electrons. The topological polar surface area (TPSA) is 103 Å². The summed E-state index contributed by atoms with van der Waals surface area (Å²) >= 11 is 1.48. The van der Waals surface area contributed by atoms with Gasteiger partial charge in [-0.05, 0) is 49.2 Å². The zero-order valence-corrected chi connectivity index (χ0v) is 19.8. The molecular weight excluding hydrogens is 511 g/mol. The number of carbonyl (C=O) groups excluding carboxylic acids is 1. The standard InChI is InChI=1S/C24H18F3N5O4S/c25-18-13-29-22(20(27)19(18)26)34-15-1-3-16(4-2-15)35-24(33)32-11-7-17(8-12-32)37-23-31-30-21(36-23)14-5-9-28-10-6-14/h1-6,9-10,13,17H,7-8,11-12H2. The summed E-state index contributed by atoms with van der Waals surface area (Å²) in [6.07, 6.45) is 4.74. The number of halogens is 3. The molecule has 4 heterocycles. The monoisotopic (exact) mass is 529 g/mol. The van der Waals surface area contributed by atoms with E-state index in [1.54, 1.807) is 29.4 Å². The zero-order valence-electron chi connectivity index (χ0n) is 19.0. The van der Waals surface area contributed by atoms with Crippen LogP contribution < -0.4 is 9.47 Å². The maximum atomic E-state index is 13.7. The zero-order chi connectivity index (χ0) is 25.8. The highest BCUT2D eigenvalue weighted by Gasteiger charge is 2.26. The molecule has 13 heteroatoms. The Morgan fingerprint density at radius 3 is 2.41 bits per heavy atom. The van der Waals surface area contributed by atoms with Gasteiger partial charge in [0.25, 0.3) is 11.1 Å². The van der Waals surface area contributed by atoms with E-state index in [1.165, 1.54) is 36.0 Å². The molecule has 1 fully saturated rings. The van der Waals surface area contributed by atoms with Gasteiger partial charge in [-0.3, -0.25) is 4.98 Å². The second-order valence-corrected chi connectivity index (χ2v) is 9.15. The van der Waals surface area contributed by atoms with Gasteiger partial charge in [0.2, 0.25) is 17.5 Å². The molecule has 1 saturated heterocycles. The van der Waals surface area contributed by atoms with Crippen molar-refractivity contribution in [3.8, 4) is 28.8 Å². The van der Waals surface area contributed by atoms with Crippen LogP contribution in [0.4, 0.5) is 18.0 Å². The first kappa shape index (κ1) is 24.6. The molecule has 0 unspecified atom stereocenters. The van der Waals surface area contributed by atoms with Crippen LogP contribution in [0.2, 0.25) is 0 Å². The van der Waals surface area contributed by atoms with Crippen molar-refractivity contribution in [1.29, 1.82) is 0 Å². The Bertz CT molecular complexity index is 1380. The molecule has 0 atom stereocenters. The van der Waals surface area contributed by atoms with Gasteiger partial charge in [0, 0.05) is 36.3 Å². The van der Waals surface area contributed by atoms with Crippen LogP contribution in [-0.4, -0.2) is 49.5 Å². The Balaban J connectivity index is 1.10. The molecule has 0 aliphatic carbocycles. The van der Waals surface area contributed by atoms with E-state index >= 15 is 0 Å². The van der Waals surface area contributed by atoms with Crippen molar-refractivity contribution in [2.75, 3.05) is 13.1 Å². The fourth-order valence-electron chi connectivity index (χ4n) is 3.52. The summed E-state index contributed by atoms with van der Waals surface area (Å²) < 4.78 is 56.3. The van der Waals surface area contributed by atoms with Gasteiger partial charge in [0.15, 0.2) is 5.82 Å². The summed E-state index contributed by atoms with van der Waals surface area (Å²) in [6, 6.07) is 9.22. The molecule has 0 N–H and O–H groups in total. The van der Waals surface area contributed by atoms with Crippen LogP contribution in [0.15, 0.2) is 64.6 Å². The summed E-state index contributed by atoms with van der Waals surface area (Å²) in [5.74, 6) is -4.58. The van der Waals surface area contributed by atoms with Gasteiger partial charge in [0.1, 0.15) is 11.5 Å². The first-order valence-corrected chi connectivity index (χ1v) is 12.0. The highest BCUT2D eigenvalue weighted by molar-refractivity contribution is 7.99. The fraction of sp³-hybridized carbons (Fsp3) is 0.208. The summed E-state index contributed by atoms with van der Waals surface area (Å²) in [5.41, 5.74) is 0.791. The molecule has 190 valence electrons. The quantitative estimate of drug-likeness (QED) is 0.321. The van der Waals surface area contributed by atoms with Gasteiger partial charge in [-0.25, -0.2) is 18.6 Å². The number of ether oxygens (including phenoxy) is 2. The number of carbonyl (C=O) groups is 1.